The van der Waals surface area contributed by atoms with E-state index in [1.54, 1.807) is 0 Å². The van der Waals surface area contributed by atoms with Gasteiger partial charge in [0.1, 0.15) is 0 Å². The van der Waals surface area contributed by atoms with E-state index in [-0.39, 0.29) is 0 Å². The zero-order valence-corrected chi connectivity index (χ0v) is 12.7. The molecule has 1 aromatic rings. The standard InChI is InChI=1S/C16H27N3/c1-11-6-5-7-14(8-11)19(4)10-15-13(3)16(17)12(2)9-18-15/h9,11,14H,5-8,10H2,1-4H3,(H2,17,18). The summed E-state index contributed by atoms with van der Waals surface area (Å²) in [5.41, 5.74) is 10.4. The molecule has 0 amide bonds. The maximum absolute atomic E-state index is 6.10. The van der Waals surface area contributed by atoms with E-state index in [1.165, 1.54) is 25.7 Å². The van der Waals surface area contributed by atoms with Crippen molar-refractivity contribution in [1.82, 2.24) is 9.88 Å². The average Bonchev–Trinajstić information content (AvgIpc) is 2.39. The van der Waals surface area contributed by atoms with Crippen molar-refractivity contribution in [1.29, 1.82) is 0 Å². The topological polar surface area (TPSA) is 42.2 Å². The van der Waals surface area contributed by atoms with Gasteiger partial charge in [0, 0.05) is 24.5 Å². The van der Waals surface area contributed by atoms with E-state index in [1.807, 2.05) is 13.1 Å². The smallest absolute Gasteiger partial charge is 0.0593 e. The highest BCUT2D eigenvalue weighted by atomic mass is 15.1. The molecule has 2 atom stereocenters. The summed E-state index contributed by atoms with van der Waals surface area (Å²) in [5.74, 6) is 0.860. The molecule has 0 saturated heterocycles. The van der Waals surface area contributed by atoms with Crippen LogP contribution in [0, 0.1) is 19.8 Å². The molecule has 1 fully saturated rings. The lowest BCUT2D eigenvalue weighted by Gasteiger charge is -2.34. The number of hydrogen-bond donors (Lipinski definition) is 1. The molecule has 1 heterocycles. The van der Waals surface area contributed by atoms with Gasteiger partial charge in [0.15, 0.2) is 0 Å². The van der Waals surface area contributed by atoms with E-state index in [0.717, 1.165) is 35.0 Å². The minimum Gasteiger partial charge on any atom is -0.398 e. The number of nitrogens with zero attached hydrogens (tertiary/aromatic N) is 2. The van der Waals surface area contributed by atoms with Crippen molar-refractivity contribution in [2.75, 3.05) is 12.8 Å². The fraction of sp³-hybridized carbons (Fsp3) is 0.688. The summed E-state index contributed by atoms with van der Waals surface area (Å²) in [6, 6.07) is 0.701. The maximum Gasteiger partial charge on any atom is 0.0593 e. The number of anilines is 1. The molecule has 1 aliphatic rings. The minimum absolute atomic E-state index is 0.701. The van der Waals surface area contributed by atoms with Gasteiger partial charge in [0.25, 0.3) is 0 Å². The lowest BCUT2D eigenvalue weighted by Crippen LogP contribution is -2.35. The van der Waals surface area contributed by atoms with Crippen LogP contribution < -0.4 is 5.73 Å². The van der Waals surface area contributed by atoms with Crippen molar-refractivity contribution in [2.24, 2.45) is 5.92 Å². The Kier molecular flexibility index (Phi) is 4.46. The Morgan fingerprint density at radius 1 is 1.37 bits per heavy atom. The number of aromatic nitrogens is 1. The van der Waals surface area contributed by atoms with Crippen LogP contribution in [0.25, 0.3) is 0 Å². The third-order valence-corrected chi connectivity index (χ3v) is 4.61. The first kappa shape index (κ1) is 14.3. The minimum atomic E-state index is 0.701. The van der Waals surface area contributed by atoms with Crippen molar-refractivity contribution in [2.45, 2.75) is 59.0 Å². The van der Waals surface area contributed by atoms with Crippen LogP contribution in [-0.2, 0) is 6.54 Å². The third-order valence-electron chi connectivity index (χ3n) is 4.61. The normalized spacial score (nSPS) is 23.8. The highest BCUT2D eigenvalue weighted by Crippen LogP contribution is 2.28. The molecule has 0 radical (unpaired) electrons. The average molecular weight is 261 g/mol. The van der Waals surface area contributed by atoms with Gasteiger partial charge in [-0.3, -0.25) is 9.88 Å². The molecule has 19 heavy (non-hydrogen) atoms. The fourth-order valence-corrected chi connectivity index (χ4v) is 3.12. The number of aryl methyl sites for hydroxylation is 1. The Bertz CT molecular complexity index is 442. The summed E-state index contributed by atoms with van der Waals surface area (Å²) >= 11 is 0. The van der Waals surface area contributed by atoms with Crippen LogP contribution in [-0.4, -0.2) is 23.0 Å². The van der Waals surface area contributed by atoms with Crippen LogP contribution in [0.4, 0.5) is 5.69 Å². The largest absolute Gasteiger partial charge is 0.398 e. The summed E-state index contributed by atoms with van der Waals surface area (Å²) in [7, 11) is 2.22. The molecule has 2 unspecified atom stereocenters. The molecule has 1 saturated carbocycles. The zero-order valence-electron chi connectivity index (χ0n) is 12.7. The zero-order chi connectivity index (χ0) is 14.0. The van der Waals surface area contributed by atoms with Crippen LogP contribution in [0.2, 0.25) is 0 Å². The first-order valence-corrected chi connectivity index (χ1v) is 7.39. The summed E-state index contributed by atoms with van der Waals surface area (Å²) in [6.45, 7) is 7.38. The number of rotatable bonds is 3. The van der Waals surface area contributed by atoms with Crippen molar-refractivity contribution in [3.63, 3.8) is 0 Å². The predicted octanol–water partition coefficient (Wildman–Crippen LogP) is 3.29. The second-order valence-corrected chi connectivity index (χ2v) is 6.27. The molecule has 0 aliphatic heterocycles. The first-order chi connectivity index (χ1) is 8.99. The molecule has 3 heteroatoms. The quantitative estimate of drug-likeness (QED) is 0.908. The molecule has 1 aromatic heterocycles. The van der Waals surface area contributed by atoms with Gasteiger partial charge in [-0.15, -0.1) is 0 Å². The monoisotopic (exact) mass is 261 g/mol. The molecule has 1 aliphatic carbocycles. The molecule has 106 valence electrons. The molecular weight excluding hydrogens is 234 g/mol. The number of pyridine rings is 1. The molecule has 0 spiro atoms. The van der Waals surface area contributed by atoms with Gasteiger partial charge in [-0.2, -0.15) is 0 Å². The second-order valence-electron chi connectivity index (χ2n) is 6.27. The van der Waals surface area contributed by atoms with E-state index < -0.39 is 0 Å². The molecule has 2 rings (SSSR count). The second kappa shape index (κ2) is 5.91. The van der Waals surface area contributed by atoms with Crippen LogP contribution in [0.1, 0.15) is 49.4 Å². The Hall–Kier alpha value is -1.09. The Morgan fingerprint density at radius 3 is 2.79 bits per heavy atom. The lowest BCUT2D eigenvalue weighted by molar-refractivity contribution is 0.156. The van der Waals surface area contributed by atoms with Crippen LogP contribution in [0.15, 0.2) is 6.20 Å². The Balaban J connectivity index is 2.06. The van der Waals surface area contributed by atoms with Gasteiger partial charge in [0.2, 0.25) is 0 Å². The van der Waals surface area contributed by atoms with E-state index in [0.29, 0.717) is 6.04 Å². The summed E-state index contributed by atoms with van der Waals surface area (Å²) < 4.78 is 0. The van der Waals surface area contributed by atoms with E-state index >= 15 is 0 Å². The first-order valence-electron chi connectivity index (χ1n) is 7.39. The van der Waals surface area contributed by atoms with Gasteiger partial charge < -0.3 is 5.73 Å². The van der Waals surface area contributed by atoms with E-state index in [2.05, 4.69) is 30.8 Å². The lowest BCUT2D eigenvalue weighted by atomic mass is 9.86. The van der Waals surface area contributed by atoms with Crippen LogP contribution in [0.5, 0.6) is 0 Å². The SMILES string of the molecule is Cc1cnc(CN(C)C2CCCC(C)C2)c(C)c1N. The van der Waals surface area contributed by atoms with Gasteiger partial charge >= 0.3 is 0 Å². The summed E-state index contributed by atoms with van der Waals surface area (Å²) in [4.78, 5) is 7.03. The van der Waals surface area contributed by atoms with Crippen LogP contribution in [0.3, 0.4) is 0 Å². The summed E-state index contributed by atoms with van der Waals surface area (Å²) in [6.07, 6.45) is 7.28. The molecule has 2 N–H and O–H groups in total. The molecule has 0 aromatic carbocycles. The number of nitrogen functional groups attached to an aromatic ring is 1. The Morgan fingerprint density at radius 2 is 2.11 bits per heavy atom. The van der Waals surface area contributed by atoms with E-state index in [4.69, 9.17) is 5.73 Å². The highest BCUT2D eigenvalue weighted by molar-refractivity contribution is 5.53. The number of hydrogen-bond acceptors (Lipinski definition) is 3. The van der Waals surface area contributed by atoms with Crippen molar-refractivity contribution in [3.05, 3.63) is 23.0 Å². The fourth-order valence-electron chi connectivity index (χ4n) is 3.12. The van der Waals surface area contributed by atoms with Gasteiger partial charge in [-0.25, -0.2) is 0 Å². The van der Waals surface area contributed by atoms with Crippen molar-refractivity contribution in [3.8, 4) is 0 Å². The number of nitrogens with two attached hydrogens (primary N) is 1. The van der Waals surface area contributed by atoms with Crippen LogP contribution >= 0.6 is 0 Å². The molecular formula is C16H27N3. The van der Waals surface area contributed by atoms with Crippen molar-refractivity contribution >= 4 is 5.69 Å². The van der Waals surface area contributed by atoms with Gasteiger partial charge in [-0.05, 0) is 50.8 Å². The van der Waals surface area contributed by atoms with E-state index in [9.17, 15) is 0 Å². The molecule has 3 nitrogen and oxygen atoms in total. The van der Waals surface area contributed by atoms with Gasteiger partial charge in [0.05, 0.1) is 5.69 Å². The van der Waals surface area contributed by atoms with Gasteiger partial charge in [-0.1, -0.05) is 19.8 Å². The highest BCUT2D eigenvalue weighted by Gasteiger charge is 2.23. The predicted molar refractivity (Wildman–Crippen MR) is 81.0 cm³/mol. The molecule has 0 bridgehead atoms. The summed E-state index contributed by atoms with van der Waals surface area (Å²) in [5, 5.41) is 0. The third kappa shape index (κ3) is 3.27. The van der Waals surface area contributed by atoms with Crippen molar-refractivity contribution < 1.29 is 0 Å². The Labute approximate surface area is 117 Å². The maximum atomic E-state index is 6.10.